The van der Waals surface area contributed by atoms with Crippen LogP contribution in [0.2, 0.25) is 0 Å². The van der Waals surface area contributed by atoms with Crippen LogP contribution in [0.25, 0.3) is 0 Å². The van der Waals surface area contributed by atoms with Crippen LogP contribution in [0.5, 0.6) is 0 Å². The van der Waals surface area contributed by atoms with Crippen LogP contribution in [0, 0.1) is 5.92 Å². The maximum Gasteiger partial charge on any atom is 0.306 e. The van der Waals surface area contributed by atoms with Crippen molar-refractivity contribution in [1.82, 2.24) is 0 Å². The first-order valence-corrected chi connectivity index (χ1v) is 7.30. The molecule has 106 valence electrons. The van der Waals surface area contributed by atoms with Crippen molar-refractivity contribution in [2.24, 2.45) is 5.92 Å². The molecule has 5 heteroatoms. The lowest BCUT2D eigenvalue weighted by Crippen LogP contribution is -2.21. The summed E-state index contributed by atoms with van der Waals surface area (Å²) >= 11 is 3.32. The van der Waals surface area contributed by atoms with Crippen LogP contribution < -0.4 is 5.32 Å². The number of halogens is 1. The van der Waals surface area contributed by atoms with Gasteiger partial charge in [0.15, 0.2) is 6.61 Å². The van der Waals surface area contributed by atoms with Gasteiger partial charge in [-0.3, -0.25) is 9.59 Å². The van der Waals surface area contributed by atoms with Crippen molar-refractivity contribution in [2.45, 2.75) is 19.3 Å². The molecule has 0 fully saturated rings. The topological polar surface area (TPSA) is 55.4 Å². The quantitative estimate of drug-likeness (QED) is 0.662. The molecule has 20 heavy (non-hydrogen) atoms. The van der Waals surface area contributed by atoms with Gasteiger partial charge in [-0.25, -0.2) is 0 Å². The Labute approximate surface area is 126 Å². The van der Waals surface area contributed by atoms with Crippen LogP contribution in [-0.2, 0) is 14.3 Å². The summed E-state index contributed by atoms with van der Waals surface area (Å²) in [4.78, 5) is 23.2. The van der Waals surface area contributed by atoms with Crippen LogP contribution >= 0.6 is 15.9 Å². The van der Waals surface area contributed by atoms with E-state index in [9.17, 15) is 9.59 Å². The number of hydrogen-bond acceptors (Lipinski definition) is 3. The normalized spacial score (nSPS) is 16.9. The Morgan fingerprint density at radius 3 is 2.95 bits per heavy atom. The van der Waals surface area contributed by atoms with Crippen molar-refractivity contribution in [3.63, 3.8) is 0 Å². The fourth-order valence-electron chi connectivity index (χ4n) is 2.05. The SMILES string of the molecule is O=C(COC(=O)C[C@H]1C=CCC1)Nc1cccc(Br)c1. The lowest BCUT2D eigenvalue weighted by atomic mass is 10.1. The van der Waals surface area contributed by atoms with Crippen molar-refractivity contribution in [3.8, 4) is 0 Å². The van der Waals surface area contributed by atoms with Gasteiger partial charge in [0.2, 0.25) is 0 Å². The number of benzene rings is 1. The van der Waals surface area contributed by atoms with E-state index < -0.39 is 0 Å². The molecule has 0 saturated carbocycles. The summed E-state index contributed by atoms with van der Waals surface area (Å²) in [5.41, 5.74) is 0.666. The van der Waals surface area contributed by atoms with E-state index in [-0.39, 0.29) is 24.4 Å². The van der Waals surface area contributed by atoms with Gasteiger partial charge >= 0.3 is 5.97 Å². The summed E-state index contributed by atoms with van der Waals surface area (Å²) in [6, 6.07) is 7.24. The molecule has 0 aliphatic heterocycles. The largest absolute Gasteiger partial charge is 0.456 e. The maximum atomic E-state index is 11.6. The number of nitrogens with one attached hydrogen (secondary N) is 1. The first-order chi connectivity index (χ1) is 9.63. The highest BCUT2D eigenvalue weighted by molar-refractivity contribution is 9.10. The minimum atomic E-state index is -0.335. The Morgan fingerprint density at radius 2 is 2.25 bits per heavy atom. The van der Waals surface area contributed by atoms with Crippen LogP contribution in [0.15, 0.2) is 40.9 Å². The average Bonchev–Trinajstić information content (AvgIpc) is 2.89. The number of rotatable bonds is 5. The molecule has 1 amide bonds. The zero-order valence-corrected chi connectivity index (χ0v) is 12.6. The third-order valence-electron chi connectivity index (χ3n) is 3.01. The minimum Gasteiger partial charge on any atom is -0.456 e. The molecule has 0 saturated heterocycles. The number of esters is 1. The summed E-state index contributed by atoms with van der Waals surface area (Å²) in [6.07, 6.45) is 6.45. The molecule has 0 spiro atoms. The number of carbonyl (C=O) groups excluding carboxylic acids is 2. The molecule has 1 atom stereocenters. The van der Waals surface area contributed by atoms with Gasteiger partial charge in [-0.2, -0.15) is 0 Å². The van der Waals surface area contributed by atoms with Crippen molar-refractivity contribution in [1.29, 1.82) is 0 Å². The summed E-state index contributed by atoms with van der Waals surface area (Å²) in [7, 11) is 0. The Morgan fingerprint density at radius 1 is 1.40 bits per heavy atom. The van der Waals surface area contributed by atoms with Gasteiger partial charge in [-0.05, 0) is 37.0 Å². The van der Waals surface area contributed by atoms with Crippen molar-refractivity contribution in [3.05, 3.63) is 40.9 Å². The van der Waals surface area contributed by atoms with Gasteiger partial charge in [-0.15, -0.1) is 0 Å². The molecule has 0 unspecified atom stereocenters. The lowest BCUT2D eigenvalue weighted by molar-refractivity contribution is -0.147. The molecule has 0 bridgehead atoms. The van der Waals surface area contributed by atoms with Crippen LogP contribution in [0.4, 0.5) is 5.69 Å². The minimum absolute atomic E-state index is 0.248. The molecule has 1 aliphatic carbocycles. The van der Waals surface area contributed by atoms with E-state index in [4.69, 9.17) is 4.74 Å². The number of amides is 1. The molecule has 1 N–H and O–H groups in total. The molecule has 1 aromatic rings. The lowest BCUT2D eigenvalue weighted by Gasteiger charge is -2.09. The molecule has 1 aromatic carbocycles. The molecule has 2 rings (SSSR count). The molecule has 0 radical (unpaired) electrons. The first-order valence-electron chi connectivity index (χ1n) is 6.51. The summed E-state index contributed by atoms with van der Waals surface area (Å²) < 4.78 is 5.85. The van der Waals surface area contributed by atoms with Gasteiger partial charge in [0, 0.05) is 10.2 Å². The highest BCUT2D eigenvalue weighted by Gasteiger charge is 2.15. The highest BCUT2D eigenvalue weighted by Crippen LogP contribution is 2.20. The number of ether oxygens (including phenoxy) is 1. The molecular weight excluding hydrogens is 322 g/mol. The maximum absolute atomic E-state index is 11.6. The van der Waals surface area contributed by atoms with E-state index in [2.05, 4.69) is 27.3 Å². The highest BCUT2D eigenvalue weighted by atomic mass is 79.9. The fraction of sp³-hybridized carbons (Fsp3) is 0.333. The summed E-state index contributed by atoms with van der Waals surface area (Å²) in [5, 5.41) is 2.67. The van der Waals surface area contributed by atoms with E-state index in [1.807, 2.05) is 18.2 Å². The van der Waals surface area contributed by atoms with Crippen molar-refractivity contribution < 1.29 is 14.3 Å². The van der Waals surface area contributed by atoms with Crippen molar-refractivity contribution in [2.75, 3.05) is 11.9 Å². The Bertz CT molecular complexity index is 528. The molecule has 0 aromatic heterocycles. The van der Waals surface area contributed by atoms with E-state index in [0.717, 1.165) is 17.3 Å². The number of hydrogen-bond donors (Lipinski definition) is 1. The summed E-state index contributed by atoms with van der Waals surface area (Å²) in [6.45, 7) is -0.248. The fourth-order valence-corrected chi connectivity index (χ4v) is 2.45. The predicted molar refractivity (Wildman–Crippen MR) is 80.2 cm³/mol. The predicted octanol–water partition coefficient (Wildman–Crippen LogP) is 3.29. The monoisotopic (exact) mass is 337 g/mol. The average molecular weight is 338 g/mol. The Hall–Kier alpha value is -1.62. The van der Waals surface area contributed by atoms with E-state index in [1.165, 1.54) is 0 Å². The summed E-state index contributed by atoms with van der Waals surface area (Å²) in [5.74, 6) is -0.403. The van der Waals surface area contributed by atoms with Crippen LogP contribution in [0.1, 0.15) is 19.3 Å². The number of allylic oxidation sites excluding steroid dienone is 2. The third kappa shape index (κ3) is 4.81. The van der Waals surface area contributed by atoms with Gasteiger partial charge < -0.3 is 10.1 Å². The standard InChI is InChI=1S/C15H16BrNO3/c16-12-6-3-7-13(9-12)17-14(18)10-20-15(19)8-11-4-1-2-5-11/h1,3-4,6-7,9,11H,2,5,8,10H2,(H,17,18)/t11-/m0/s1. The van der Waals surface area contributed by atoms with E-state index in [1.54, 1.807) is 12.1 Å². The van der Waals surface area contributed by atoms with Crippen LogP contribution in [0.3, 0.4) is 0 Å². The number of carbonyl (C=O) groups is 2. The molecule has 0 heterocycles. The van der Waals surface area contributed by atoms with E-state index in [0.29, 0.717) is 12.1 Å². The second-order valence-electron chi connectivity index (χ2n) is 4.69. The van der Waals surface area contributed by atoms with Gasteiger partial charge in [0.1, 0.15) is 0 Å². The second kappa shape index (κ2) is 7.24. The zero-order chi connectivity index (χ0) is 14.4. The zero-order valence-electron chi connectivity index (χ0n) is 11.0. The second-order valence-corrected chi connectivity index (χ2v) is 5.60. The van der Waals surface area contributed by atoms with Crippen molar-refractivity contribution >= 4 is 33.5 Å². The Balaban J connectivity index is 1.71. The van der Waals surface area contributed by atoms with Crippen LogP contribution in [-0.4, -0.2) is 18.5 Å². The molecule has 4 nitrogen and oxygen atoms in total. The third-order valence-corrected chi connectivity index (χ3v) is 3.51. The van der Waals surface area contributed by atoms with Gasteiger partial charge in [0.05, 0.1) is 6.42 Å². The molecular formula is C15H16BrNO3. The number of anilines is 1. The smallest absolute Gasteiger partial charge is 0.306 e. The molecule has 1 aliphatic rings. The Kier molecular flexibility index (Phi) is 5.35. The first kappa shape index (κ1) is 14.8. The van der Waals surface area contributed by atoms with E-state index >= 15 is 0 Å². The van der Waals surface area contributed by atoms with Gasteiger partial charge in [-0.1, -0.05) is 34.1 Å². The van der Waals surface area contributed by atoms with Gasteiger partial charge in [0.25, 0.3) is 5.91 Å².